The molecule has 4 aliphatic carbocycles. The second kappa shape index (κ2) is 5.73. The standard InChI is InChI=1S/C23H36O2/c1-22-11-4-3-5-16(22)6-7-17-19-9-8-18(15-13-21(24)25-14-15)23(19,2)12-10-20(17)22/h15-20H,3-14H2,1-2H3/t15-,16?,17-,18+,19+,20-,22-,23?/m0/s1. The molecule has 0 aromatic heterocycles. The van der Waals surface area contributed by atoms with Gasteiger partial charge in [-0.3, -0.25) is 4.79 Å². The van der Waals surface area contributed by atoms with Crippen molar-refractivity contribution in [2.24, 2.45) is 46.3 Å². The molecule has 8 atom stereocenters. The van der Waals surface area contributed by atoms with Gasteiger partial charge in [-0.25, -0.2) is 0 Å². The van der Waals surface area contributed by atoms with Crippen LogP contribution in [0.2, 0.25) is 0 Å². The van der Waals surface area contributed by atoms with Gasteiger partial charge in [0.25, 0.3) is 0 Å². The summed E-state index contributed by atoms with van der Waals surface area (Å²) in [6.07, 6.45) is 15.3. The molecule has 5 aliphatic rings. The lowest BCUT2D eigenvalue weighted by molar-refractivity contribution is -0.137. The molecule has 2 nitrogen and oxygen atoms in total. The summed E-state index contributed by atoms with van der Waals surface area (Å²) in [4.78, 5) is 11.7. The van der Waals surface area contributed by atoms with Crippen LogP contribution in [0.3, 0.4) is 0 Å². The molecule has 5 fully saturated rings. The van der Waals surface area contributed by atoms with Crippen LogP contribution in [0.1, 0.15) is 84.5 Å². The monoisotopic (exact) mass is 344 g/mol. The summed E-state index contributed by atoms with van der Waals surface area (Å²) >= 11 is 0. The number of carbonyl (C=O) groups is 1. The zero-order valence-electron chi connectivity index (χ0n) is 16.3. The van der Waals surface area contributed by atoms with E-state index in [1.165, 1.54) is 64.2 Å². The highest BCUT2D eigenvalue weighted by Gasteiger charge is 2.60. The van der Waals surface area contributed by atoms with Gasteiger partial charge in [0.05, 0.1) is 13.0 Å². The Bertz CT molecular complexity index is 556. The van der Waals surface area contributed by atoms with E-state index in [4.69, 9.17) is 4.74 Å². The third kappa shape index (κ3) is 2.31. The predicted octanol–water partition coefficient (Wildman–Crippen LogP) is 5.60. The molecule has 2 heteroatoms. The Kier molecular flexibility index (Phi) is 3.81. The second-order valence-corrected chi connectivity index (χ2v) is 10.8. The van der Waals surface area contributed by atoms with Crippen molar-refractivity contribution in [2.45, 2.75) is 84.5 Å². The van der Waals surface area contributed by atoms with Gasteiger partial charge in [-0.15, -0.1) is 0 Å². The number of hydrogen-bond acceptors (Lipinski definition) is 2. The van der Waals surface area contributed by atoms with Gasteiger partial charge in [0.15, 0.2) is 0 Å². The topological polar surface area (TPSA) is 26.3 Å². The van der Waals surface area contributed by atoms with Gasteiger partial charge in [-0.2, -0.15) is 0 Å². The average molecular weight is 345 g/mol. The highest BCUT2D eigenvalue weighted by Crippen LogP contribution is 2.68. The Labute approximate surface area is 153 Å². The van der Waals surface area contributed by atoms with Crippen LogP contribution in [0.5, 0.6) is 0 Å². The Morgan fingerprint density at radius 2 is 1.64 bits per heavy atom. The van der Waals surface area contributed by atoms with Crippen LogP contribution in [0.15, 0.2) is 0 Å². The largest absolute Gasteiger partial charge is 0.465 e. The molecule has 1 heterocycles. The third-order valence-corrected chi connectivity index (χ3v) is 10.1. The first-order chi connectivity index (χ1) is 12.0. The van der Waals surface area contributed by atoms with Gasteiger partial charge >= 0.3 is 5.97 Å². The Hall–Kier alpha value is -0.530. The number of carbonyl (C=O) groups excluding carboxylic acids is 1. The minimum Gasteiger partial charge on any atom is -0.465 e. The fourth-order valence-corrected chi connectivity index (χ4v) is 8.90. The first-order valence-corrected chi connectivity index (χ1v) is 11.2. The summed E-state index contributed by atoms with van der Waals surface area (Å²) in [6, 6.07) is 0. The lowest BCUT2D eigenvalue weighted by Crippen LogP contribution is -2.53. The Balaban J connectivity index is 1.40. The Morgan fingerprint density at radius 1 is 0.840 bits per heavy atom. The van der Waals surface area contributed by atoms with Gasteiger partial charge in [0.1, 0.15) is 0 Å². The number of hydrogen-bond donors (Lipinski definition) is 0. The van der Waals surface area contributed by atoms with Gasteiger partial charge in [0, 0.05) is 5.92 Å². The minimum atomic E-state index is 0.0564. The lowest BCUT2D eigenvalue weighted by Gasteiger charge is -2.60. The van der Waals surface area contributed by atoms with E-state index >= 15 is 0 Å². The highest BCUT2D eigenvalue weighted by atomic mass is 16.5. The van der Waals surface area contributed by atoms with Crippen LogP contribution < -0.4 is 0 Å². The molecule has 0 N–H and O–H groups in total. The zero-order chi connectivity index (χ0) is 17.2. The van der Waals surface area contributed by atoms with E-state index in [9.17, 15) is 4.79 Å². The van der Waals surface area contributed by atoms with E-state index < -0.39 is 0 Å². The van der Waals surface area contributed by atoms with Gasteiger partial charge in [-0.05, 0) is 91.8 Å². The van der Waals surface area contributed by atoms with Crippen molar-refractivity contribution in [1.29, 1.82) is 0 Å². The van der Waals surface area contributed by atoms with Crippen LogP contribution in [0.4, 0.5) is 0 Å². The van der Waals surface area contributed by atoms with Crippen molar-refractivity contribution in [2.75, 3.05) is 6.61 Å². The smallest absolute Gasteiger partial charge is 0.306 e. The van der Waals surface area contributed by atoms with Crippen LogP contribution >= 0.6 is 0 Å². The zero-order valence-corrected chi connectivity index (χ0v) is 16.3. The van der Waals surface area contributed by atoms with E-state index in [1.807, 2.05) is 0 Å². The SMILES string of the molecule is CC12CC[C@H]3[C@@H](CCC4CCCC[C@@]43C)[C@H]1CC[C@@H]2[C@@H]1COC(=O)C1. The molecule has 1 aliphatic heterocycles. The number of rotatable bonds is 1. The number of fused-ring (bicyclic) bond motifs is 5. The second-order valence-electron chi connectivity index (χ2n) is 10.8. The molecule has 0 bridgehead atoms. The highest BCUT2D eigenvalue weighted by molar-refractivity contribution is 5.71. The molecule has 25 heavy (non-hydrogen) atoms. The quantitative estimate of drug-likeness (QED) is 0.579. The molecular formula is C23H36O2. The van der Waals surface area contributed by atoms with Crippen molar-refractivity contribution in [3.8, 4) is 0 Å². The van der Waals surface area contributed by atoms with Gasteiger partial charge in [-0.1, -0.05) is 26.7 Å². The summed E-state index contributed by atoms with van der Waals surface area (Å²) in [5.74, 6) is 5.21. The molecule has 2 unspecified atom stereocenters. The molecule has 5 rings (SSSR count). The molecule has 1 saturated heterocycles. The number of ether oxygens (including phenoxy) is 1. The van der Waals surface area contributed by atoms with E-state index in [0.29, 0.717) is 29.8 Å². The summed E-state index contributed by atoms with van der Waals surface area (Å²) < 4.78 is 5.36. The Morgan fingerprint density at radius 3 is 2.44 bits per heavy atom. The van der Waals surface area contributed by atoms with Crippen molar-refractivity contribution in [1.82, 2.24) is 0 Å². The fraction of sp³-hybridized carbons (Fsp3) is 0.957. The van der Waals surface area contributed by atoms with Crippen molar-refractivity contribution >= 4 is 5.97 Å². The van der Waals surface area contributed by atoms with E-state index in [0.717, 1.165) is 29.6 Å². The summed E-state index contributed by atoms with van der Waals surface area (Å²) in [6.45, 7) is 5.98. The molecule has 0 aromatic carbocycles. The van der Waals surface area contributed by atoms with Gasteiger partial charge < -0.3 is 4.74 Å². The van der Waals surface area contributed by atoms with Crippen LogP contribution in [-0.2, 0) is 9.53 Å². The summed E-state index contributed by atoms with van der Waals surface area (Å²) in [7, 11) is 0. The van der Waals surface area contributed by atoms with E-state index in [-0.39, 0.29) is 5.97 Å². The summed E-state index contributed by atoms with van der Waals surface area (Å²) in [5.41, 5.74) is 1.13. The maximum Gasteiger partial charge on any atom is 0.306 e. The third-order valence-electron chi connectivity index (χ3n) is 10.1. The predicted molar refractivity (Wildman–Crippen MR) is 98.9 cm³/mol. The molecular weight excluding hydrogens is 308 g/mol. The normalized spacial score (nSPS) is 55.2. The van der Waals surface area contributed by atoms with E-state index in [1.54, 1.807) is 0 Å². The lowest BCUT2D eigenvalue weighted by atomic mass is 9.44. The first kappa shape index (κ1) is 16.6. The average Bonchev–Trinajstić information content (AvgIpc) is 3.16. The molecule has 0 amide bonds. The summed E-state index contributed by atoms with van der Waals surface area (Å²) in [5, 5.41) is 0. The number of cyclic esters (lactones) is 1. The molecule has 0 spiro atoms. The maximum atomic E-state index is 11.7. The molecule has 0 aromatic rings. The first-order valence-electron chi connectivity index (χ1n) is 11.2. The molecule has 0 radical (unpaired) electrons. The minimum absolute atomic E-state index is 0.0564. The van der Waals surface area contributed by atoms with Crippen molar-refractivity contribution < 1.29 is 9.53 Å². The van der Waals surface area contributed by atoms with Crippen LogP contribution in [0.25, 0.3) is 0 Å². The molecule has 4 saturated carbocycles. The van der Waals surface area contributed by atoms with Crippen molar-refractivity contribution in [3.63, 3.8) is 0 Å². The maximum absolute atomic E-state index is 11.7. The number of esters is 1. The molecule has 140 valence electrons. The van der Waals surface area contributed by atoms with Crippen LogP contribution in [0, 0.1) is 46.3 Å². The van der Waals surface area contributed by atoms with E-state index in [2.05, 4.69) is 13.8 Å². The fourth-order valence-electron chi connectivity index (χ4n) is 8.90. The van der Waals surface area contributed by atoms with Gasteiger partial charge in [0.2, 0.25) is 0 Å². The van der Waals surface area contributed by atoms with Crippen molar-refractivity contribution in [3.05, 3.63) is 0 Å². The van der Waals surface area contributed by atoms with Crippen LogP contribution in [-0.4, -0.2) is 12.6 Å².